The van der Waals surface area contributed by atoms with Crippen LogP contribution in [0.15, 0.2) is 72.3 Å². The Labute approximate surface area is 200 Å². The molecule has 2 fully saturated rings. The lowest BCUT2D eigenvalue weighted by atomic mass is 9.64. The van der Waals surface area contributed by atoms with Gasteiger partial charge in [-0.2, -0.15) is 0 Å². The second-order valence-electron chi connectivity index (χ2n) is 9.67. The summed E-state index contributed by atoms with van der Waals surface area (Å²) in [7, 11) is 0. The lowest BCUT2D eigenvalue weighted by Gasteiger charge is -2.39. The first kappa shape index (κ1) is 22.8. The summed E-state index contributed by atoms with van der Waals surface area (Å²) in [6.45, 7) is 0.0254. The molecule has 2 aromatic rings. The molecule has 0 bridgehead atoms. The molecule has 0 amide bonds. The fourth-order valence-electron chi connectivity index (χ4n) is 5.80. The number of halogens is 1. The van der Waals surface area contributed by atoms with Crippen LogP contribution in [0.1, 0.15) is 68.1 Å². The van der Waals surface area contributed by atoms with Gasteiger partial charge in [0.25, 0.3) is 0 Å². The van der Waals surface area contributed by atoms with Gasteiger partial charge < -0.3 is 9.84 Å². The Kier molecular flexibility index (Phi) is 6.51. The molecule has 3 nitrogen and oxygen atoms in total. The van der Waals surface area contributed by atoms with Gasteiger partial charge in [-0.1, -0.05) is 61.7 Å². The SMILES string of the molecule is O=C1CCCC(/C=C/C2=C(c3ccc(F)cc3)C=C(c3ccc(CO)cc3)C23CCCCC3)O1. The van der Waals surface area contributed by atoms with Crippen molar-refractivity contribution in [3.05, 3.63) is 94.8 Å². The van der Waals surface area contributed by atoms with Gasteiger partial charge in [0.15, 0.2) is 0 Å². The average molecular weight is 459 g/mol. The topological polar surface area (TPSA) is 46.5 Å². The van der Waals surface area contributed by atoms with Gasteiger partial charge in [0.2, 0.25) is 0 Å². The van der Waals surface area contributed by atoms with Gasteiger partial charge in [0.1, 0.15) is 11.9 Å². The first-order valence-electron chi connectivity index (χ1n) is 12.4. The Bertz CT molecular complexity index is 1130. The number of rotatable bonds is 5. The summed E-state index contributed by atoms with van der Waals surface area (Å²) in [4.78, 5) is 11.8. The van der Waals surface area contributed by atoms with E-state index in [2.05, 4.69) is 30.4 Å². The van der Waals surface area contributed by atoms with Crippen LogP contribution < -0.4 is 0 Å². The maximum atomic E-state index is 13.7. The number of aliphatic hydroxyl groups excluding tert-OH is 1. The molecular formula is C30H31FO3. The quantitative estimate of drug-likeness (QED) is 0.503. The lowest BCUT2D eigenvalue weighted by molar-refractivity contribution is -0.150. The van der Waals surface area contributed by atoms with Crippen LogP contribution in [0, 0.1) is 11.2 Å². The number of benzene rings is 2. The number of cyclic esters (lactones) is 1. The number of ether oxygens (including phenoxy) is 1. The molecule has 0 radical (unpaired) electrons. The summed E-state index contributed by atoms with van der Waals surface area (Å²) >= 11 is 0. The third-order valence-electron chi connectivity index (χ3n) is 7.55. The lowest BCUT2D eigenvalue weighted by Crippen LogP contribution is -2.26. The third kappa shape index (κ3) is 4.39. The molecule has 1 N–H and O–H groups in total. The van der Waals surface area contributed by atoms with Crippen molar-refractivity contribution in [3.63, 3.8) is 0 Å². The van der Waals surface area contributed by atoms with E-state index in [1.165, 1.54) is 29.7 Å². The summed E-state index contributed by atoms with van der Waals surface area (Å²) in [5.41, 5.74) is 6.56. The van der Waals surface area contributed by atoms with Crippen LogP contribution in [-0.2, 0) is 16.1 Å². The number of carbonyl (C=O) groups is 1. The first-order valence-corrected chi connectivity index (χ1v) is 12.4. The van der Waals surface area contributed by atoms with Crippen LogP contribution in [0.25, 0.3) is 11.1 Å². The van der Waals surface area contributed by atoms with Crippen molar-refractivity contribution < 1.29 is 19.0 Å². The van der Waals surface area contributed by atoms with E-state index in [4.69, 9.17) is 4.74 Å². The van der Waals surface area contributed by atoms with Gasteiger partial charge in [-0.15, -0.1) is 0 Å². The van der Waals surface area contributed by atoms with E-state index < -0.39 is 0 Å². The molecule has 2 aliphatic carbocycles. The maximum absolute atomic E-state index is 13.7. The van der Waals surface area contributed by atoms with Crippen molar-refractivity contribution in [3.8, 4) is 0 Å². The van der Waals surface area contributed by atoms with Crippen LogP contribution in [0.5, 0.6) is 0 Å². The van der Waals surface area contributed by atoms with Crippen molar-refractivity contribution in [2.24, 2.45) is 5.41 Å². The van der Waals surface area contributed by atoms with Crippen molar-refractivity contribution in [1.29, 1.82) is 0 Å². The fraction of sp³-hybridized carbons (Fsp3) is 0.367. The minimum atomic E-state index is -0.246. The summed E-state index contributed by atoms with van der Waals surface area (Å²) in [5.74, 6) is -0.375. The monoisotopic (exact) mass is 458 g/mol. The van der Waals surface area contributed by atoms with E-state index >= 15 is 0 Å². The zero-order valence-electron chi connectivity index (χ0n) is 19.4. The second kappa shape index (κ2) is 9.71. The number of esters is 1. The molecule has 176 valence electrons. The first-order chi connectivity index (χ1) is 16.6. The molecule has 0 aromatic heterocycles. The number of hydrogen-bond acceptors (Lipinski definition) is 3. The molecule has 1 unspecified atom stereocenters. The molecule has 1 atom stereocenters. The summed E-state index contributed by atoms with van der Waals surface area (Å²) in [6.07, 6.45) is 14.1. The summed E-state index contributed by atoms with van der Waals surface area (Å²) in [5, 5.41) is 9.51. The van der Waals surface area contributed by atoms with E-state index in [1.54, 1.807) is 0 Å². The summed E-state index contributed by atoms with van der Waals surface area (Å²) < 4.78 is 19.3. The second-order valence-corrected chi connectivity index (χ2v) is 9.67. The molecule has 34 heavy (non-hydrogen) atoms. The maximum Gasteiger partial charge on any atom is 0.306 e. The third-order valence-corrected chi connectivity index (χ3v) is 7.55. The van der Waals surface area contributed by atoms with E-state index in [1.807, 2.05) is 24.3 Å². The van der Waals surface area contributed by atoms with Crippen molar-refractivity contribution in [1.82, 2.24) is 0 Å². The predicted octanol–water partition coefficient (Wildman–Crippen LogP) is 6.77. The molecule has 1 spiro atoms. The molecule has 5 rings (SSSR count). The Balaban J connectivity index is 1.62. The van der Waals surface area contributed by atoms with Crippen LogP contribution in [0.4, 0.5) is 4.39 Å². The zero-order chi connectivity index (χ0) is 23.5. The predicted molar refractivity (Wildman–Crippen MR) is 132 cm³/mol. The number of carbonyl (C=O) groups excluding carboxylic acids is 1. The van der Waals surface area contributed by atoms with Gasteiger partial charge in [-0.05, 0) is 83.4 Å². The molecule has 3 aliphatic rings. The molecule has 1 saturated heterocycles. The van der Waals surface area contributed by atoms with Crippen LogP contribution in [0.2, 0.25) is 0 Å². The molecule has 4 heteroatoms. The van der Waals surface area contributed by atoms with E-state index in [0.717, 1.165) is 60.8 Å². The largest absolute Gasteiger partial charge is 0.458 e. The van der Waals surface area contributed by atoms with Crippen molar-refractivity contribution in [2.75, 3.05) is 0 Å². The Morgan fingerprint density at radius 3 is 2.35 bits per heavy atom. The van der Waals surface area contributed by atoms with Gasteiger partial charge >= 0.3 is 5.97 Å². The smallest absolute Gasteiger partial charge is 0.306 e. The molecule has 2 aromatic carbocycles. The van der Waals surface area contributed by atoms with Gasteiger partial charge in [-0.25, -0.2) is 4.39 Å². The highest BCUT2D eigenvalue weighted by atomic mass is 19.1. The normalized spacial score (nSPS) is 22.4. The highest BCUT2D eigenvalue weighted by Crippen LogP contribution is 2.58. The minimum absolute atomic E-state index is 0.0254. The number of aliphatic hydroxyl groups is 1. The summed E-state index contributed by atoms with van der Waals surface area (Å²) in [6, 6.07) is 14.9. The minimum Gasteiger partial charge on any atom is -0.458 e. The molecular weight excluding hydrogens is 427 g/mol. The van der Waals surface area contributed by atoms with Crippen molar-refractivity contribution >= 4 is 17.1 Å². The fourth-order valence-corrected chi connectivity index (χ4v) is 5.80. The van der Waals surface area contributed by atoms with Crippen LogP contribution in [-0.4, -0.2) is 17.2 Å². The standard InChI is InChI=1S/C30H31FO3/c31-24-13-11-22(12-14-24)26-19-28(23-9-7-21(20-32)8-10-23)30(17-2-1-3-18-30)27(26)16-15-25-5-4-6-29(33)34-25/h7-16,19,25,32H,1-6,17-18,20H2/b16-15+. The van der Waals surface area contributed by atoms with E-state index in [0.29, 0.717) is 6.42 Å². The molecule has 1 heterocycles. The van der Waals surface area contributed by atoms with Gasteiger partial charge in [0, 0.05) is 11.8 Å². The zero-order valence-corrected chi connectivity index (χ0v) is 19.4. The highest BCUT2D eigenvalue weighted by Gasteiger charge is 2.43. The Morgan fingerprint density at radius 2 is 1.68 bits per heavy atom. The van der Waals surface area contributed by atoms with E-state index in [-0.39, 0.29) is 29.9 Å². The Morgan fingerprint density at radius 1 is 0.971 bits per heavy atom. The van der Waals surface area contributed by atoms with Crippen molar-refractivity contribution in [2.45, 2.75) is 64.1 Å². The van der Waals surface area contributed by atoms with Crippen LogP contribution >= 0.6 is 0 Å². The number of allylic oxidation sites excluding steroid dienone is 5. The van der Waals surface area contributed by atoms with Crippen LogP contribution in [0.3, 0.4) is 0 Å². The highest BCUT2D eigenvalue weighted by molar-refractivity contribution is 5.96. The van der Waals surface area contributed by atoms with Gasteiger partial charge in [-0.3, -0.25) is 4.79 Å². The molecule has 1 saturated carbocycles. The van der Waals surface area contributed by atoms with E-state index in [9.17, 15) is 14.3 Å². The number of hydrogen-bond donors (Lipinski definition) is 1. The molecule has 1 aliphatic heterocycles. The van der Waals surface area contributed by atoms with Gasteiger partial charge in [0.05, 0.1) is 6.61 Å². The Hall–Kier alpha value is -2.98. The average Bonchev–Trinajstić information content (AvgIpc) is 3.16.